The van der Waals surface area contributed by atoms with Crippen LogP contribution in [0.3, 0.4) is 0 Å². The van der Waals surface area contributed by atoms with E-state index in [1.165, 1.54) is 6.92 Å². The van der Waals surface area contributed by atoms with Gasteiger partial charge in [-0.25, -0.2) is 0 Å². The number of allylic oxidation sites excluding steroid dienone is 1. The number of unbranched alkanes of at least 4 members (excludes halogenated alkanes) is 4. The Bertz CT molecular complexity index is 961. The number of halogens is 5. The van der Waals surface area contributed by atoms with Crippen molar-refractivity contribution < 1.29 is 41.8 Å². The maximum atomic E-state index is 14.9. The van der Waals surface area contributed by atoms with E-state index >= 15 is 0 Å². The van der Waals surface area contributed by atoms with Crippen molar-refractivity contribution in [3.05, 3.63) is 11.6 Å². The second kappa shape index (κ2) is 10.2. The molecule has 4 aliphatic rings. The molecule has 4 aliphatic carbocycles. The lowest BCUT2D eigenvalue weighted by Crippen LogP contribution is -2.66. The summed E-state index contributed by atoms with van der Waals surface area (Å²) in [6.07, 6.45) is 2.76. The third-order valence-corrected chi connectivity index (χ3v) is 11.1. The van der Waals surface area contributed by atoms with Gasteiger partial charge in [0.15, 0.2) is 5.78 Å². The van der Waals surface area contributed by atoms with Gasteiger partial charge in [0.25, 0.3) is 0 Å². The molecular weight excluding hydrogens is 507 g/mol. The lowest BCUT2D eigenvalue weighted by molar-refractivity contribution is -0.364. The number of carboxylic acids is 1. The first-order valence-corrected chi connectivity index (χ1v) is 14.2. The number of hydrogen-bond acceptors (Lipinski definition) is 3. The molecule has 0 heterocycles. The van der Waals surface area contributed by atoms with E-state index in [0.29, 0.717) is 32.1 Å². The van der Waals surface area contributed by atoms with Crippen LogP contribution in [0, 0.1) is 34.5 Å². The zero-order valence-electron chi connectivity index (χ0n) is 22.4. The van der Waals surface area contributed by atoms with E-state index in [2.05, 4.69) is 6.92 Å². The first-order valence-electron chi connectivity index (χ1n) is 14.2. The molecule has 0 saturated heterocycles. The topological polar surface area (TPSA) is 74.6 Å². The van der Waals surface area contributed by atoms with E-state index in [1.807, 2.05) is 0 Å². The number of aliphatic carboxylic acids is 1. The molecule has 0 aliphatic heterocycles. The second-order valence-electron chi connectivity index (χ2n) is 12.9. The summed E-state index contributed by atoms with van der Waals surface area (Å²) in [5, 5.41) is 20.0. The van der Waals surface area contributed by atoms with Crippen LogP contribution >= 0.6 is 0 Å². The van der Waals surface area contributed by atoms with Crippen molar-refractivity contribution in [2.45, 2.75) is 121 Å². The largest absolute Gasteiger partial charge is 0.481 e. The predicted octanol–water partition coefficient (Wildman–Crippen LogP) is 7.49. The molecule has 0 aromatic carbocycles. The minimum atomic E-state index is -5.82. The quantitative estimate of drug-likeness (QED) is 0.231. The van der Waals surface area contributed by atoms with Gasteiger partial charge in [-0.15, -0.1) is 0 Å². The van der Waals surface area contributed by atoms with Crippen molar-refractivity contribution in [3.8, 4) is 0 Å². The Morgan fingerprint density at radius 3 is 2.26 bits per heavy atom. The van der Waals surface area contributed by atoms with Gasteiger partial charge >= 0.3 is 18.1 Å². The van der Waals surface area contributed by atoms with Gasteiger partial charge in [-0.3, -0.25) is 9.59 Å². The highest BCUT2D eigenvalue weighted by molar-refractivity contribution is 5.91. The Morgan fingerprint density at radius 1 is 0.974 bits per heavy atom. The molecule has 0 spiro atoms. The summed E-state index contributed by atoms with van der Waals surface area (Å²) in [7, 11) is 0. The fourth-order valence-corrected chi connectivity index (χ4v) is 8.98. The van der Waals surface area contributed by atoms with Gasteiger partial charge in [0.05, 0.1) is 0 Å². The summed E-state index contributed by atoms with van der Waals surface area (Å²) >= 11 is 0. The Labute approximate surface area is 221 Å². The number of aliphatic hydroxyl groups is 1. The molecule has 4 rings (SSSR count). The molecule has 9 heteroatoms. The van der Waals surface area contributed by atoms with Gasteiger partial charge in [0.2, 0.25) is 0 Å². The average molecular weight is 549 g/mol. The molecule has 38 heavy (non-hydrogen) atoms. The van der Waals surface area contributed by atoms with Gasteiger partial charge in [-0.2, -0.15) is 22.0 Å². The van der Waals surface area contributed by atoms with E-state index in [9.17, 15) is 36.6 Å². The van der Waals surface area contributed by atoms with E-state index in [4.69, 9.17) is 5.11 Å². The highest BCUT2D eigenvalue weighted by Crippen LogP contribution is 2.72. The second-order valence-corrected chi connectivity index (χ2v) is 12.9. The number of alkyl halides is 5. The van der Waals surface area contributed by atoms with E-state index in [1.54, 1.807) is 6.08 Å². The van der Waals surface area contributed by atoms with Crippen molar-refractivity contribution in [3.63, 3.8) is 0 Å². The maximum absolute atomic E-state index is 14.9. The minimum absolute atomic E-state index is 0.0516. The van der Waals surface area contributed by atoms with Gasteiger partial charge in [-0.1, -0.05) is 45.1 Å². The van der Waals surface area contributed by atoms with Crippen LogP contribution in [-0.2, 0) is 9.59 Å². The molecule has 3 unspecified atom stereocenters. The summed E-state index contributed by atoms with van der Waals surface area (Å²) in [6, 6.07) is 0. The number of carboxylic acid groups (broad SMARTS) is 1. The molecule has 0 aromatic rings. The first-order chi connectivity index (χ1) is 17.6. The standard InChI is InChI=1S/C29H41F5O4/c1-25-13-10-20(35)17-19(25)16-18(8-6-4-3-5-7-9-23(36)37)24-21(25)11-14-26(2)22(24)12-15-27(26,38)28(30,31)29(32,33)34/h17-18,21-22,24,38H,3-16H2,1-2H3,(H,36,37)/t18-,21?,22?,24?,25+,26+,27+/m1/s1. The Balaban J connectivity index is 1.59. The molecule has 7 atom stereocenters. The van der Waals surface area contributed by atoms with Gasteiger partial charge in [-0.05, 0) is 86.5 Å². The molecule has 0 amide bonds. The number of fused-ring (bicyclic) bond motifs is 5. The molecule has 3 saturated carbocycles. The molecule has 3 fully saturated rings. The Hall–Kier alpha value is -1.51. The highest BCUT2D eigenvalue weighted by atomic mass is 19.4. The number of ketones is 1. The fourth-order valence-electron chi connectivity index (χ4n) is 8.98. The average Bonchev–Trinajstić information content (AvgIpc) is 3.10. The predicted molar refractivity (Wildman–Crippen MR) is 131 cm³/mol. The molecule has 216 valence electrons. The summed E-state index contributed by atoms with van der Waals surface area (Å²) in [5.74, 6) is -6.32. The van der Waals surface area contributed by atoms with E-state index in [0.717, 1.165) is 37.7 Å². The van der Waals surface area contributed by atoms with Crippen molar-refractivity contribution >= 4 is 11.8 Å². The van der Waals surface area contributed by atoms with Crippen LogP contribution < -0.4 is 0 Å². The Kier molecular flexibility index (Phi) is 7.87. The zero-order chi connectivity index (χ0) is 28.1. The molecular formula is C29H41F5O4. The summed E-state index contributed by atoms with van der Waals surface area (Å²) < 4.78 is 70.4. The minimum Gasteiger partial charge on any atom is -0.481 e. The monoisotopic (exact) mass is 548 g/mol. The van der Waals surface area contributed by atoms with Crippen LogP contribution in [0.2, 0.25) is 0 Å². The SMILES string of the molecule is C[C@]12CCC(=O)C=C1C[C@@H](CCCCCCCC(=O)O)C1C2CC[C@@]2(C)C1CC[C@@]2(O)C(F)(F)C(F)(F)F. The third kappa shape index (κ3) is 4.62. The number of carbonyl (C=O) groups excluding carboxylic acids is 1. The van der Waals surface area contributed by atoms with E-state index in [-0.39, 0.29) is 48.2 Å². The molecule has 4 nitrogen and oxygen atoms in total. The van der Waals surface area contributed by atoms with E-state index < -0.39 is 41.4 Å². The van der Waals surface area contributed by atoms with Crippen LogP contribution in [0.1, 0.15) is 104 Å². The van der Waals surface area contributed by atoms with Gasteiger partial charge in [0, 0.05) is 18.3 Å². The molecule has 0 aromatic heterocycles. The van der Waals surface area contributed by atoms with Crippen LogP contribution in [-0.4, -0.2) is 39.7 Å². The van der Waals surface area contributed by atoms with Gasteiger partial charge in [0.1, 0.15) is 5.60 Å². The van der Waals surface area contributed by atoms with Crippen molar-refractivity contribution in [1.29, 1.82) is 0 Å². The lowest BCUT2D eigenvalue weighted by atomic mass is 9.43. The fraction of sp³-hybridized carbons (Fsp3) is 0.862. The molecule has 0 radical (unpaired) electrons. The molecule has 0 bridgehead atoms. The van der Waals surface area contributed by atoms with Crippen molar-refractivity contribution in [2.24, 2.45) is 34.5 Å². The van der Waals surface area contributed by atoms with Crippen LogP contribution in [0.25, 0.3) is 0 Å². The van der Waals surface area contributed by atoms with Crippen molar-refractivity contribution in [1.82, 2.24) is 0 Å². The number of carbonyl (C=O) groups is 2. The van der Waals surface area contributed by atoms with Crippen LogP contribution in [0.4, 0.5) is 22.0 Å². The summed E-state index contributed by atoms with van der Waals surface area (Å²) in [6.45, 7) is 3.59. The Morgan fingerprint density at radius 2 is 1.61 bits per heavy atom. The van der Waals surface area contributed by atoms with Crippen molar-refractivity contribution in [2.75, 3.05) is 0 Å². The summed E-state index contributed by atoms with van der Waals surface area (Å²) in [4.78, 5) is 23.0. The van der Waals surface area contributed by atoms with Crippen LogP contribution in [0.5, 0.6) is 0 Å². The molecule has 2 N–H and O–H groups in total. The van der Waals surface area contributed by atoms with Gasteiger partial charge < -0.3 is 10.2 Å². The highest BCUT2D eigenvalue weighted by Gasteiger charge is 2.79. The lowest BCUT2D eigenvalue weighted by Gasteiger charge is -2.62. The third-order valence-electron chi connectivity index (χ3n) is 11.1. The summed E-state index contributed by atoms with van der Waals surface area (Å²) in [5.41, 5.74) is -3.87. The first kappa shape index (κ1) is 29.5. The smallest absolute Gasteiger partial charge is 0.456 e. The number of rotatable bonds is 9. The zero-order valence-corrected chi connectivity index (χ0v) is 22.4. The normalized spacial score (nSPS) is 39.3. The van der Waals surface area contributed by atoms with Crippen LogP contribution in [0.15, 0.2) is 11.6 Å². The maximum Gasteiger partial charge on any atom is 0.456 e. The number of hydrogen-bond donors (Lipinski definition) is 2.